The Hall–Kier alpha value is -1.07. The van der Waals surface area contributed by atoms with Crippen LogP contribution in [0.3, 0.4) is 0 Å². The number of halogens is 4. The van der Waals surface area contributed by atoms with E-state index in [4.69, 9.17) is 4.74 Å². The van der Waals surface area contributed by atoms with Gasteiger partial charge in [-0.25, -0.2) is 0 Å². The summed E-state index contributed by atoms with van der Waals surface area (Å²) in [5, 5.41) is 6.42. The summed E-state index contributed by atoms with van der Waals surface area (Å²) in [6, 6.07) is 5.13. The zero-order valence-corrected chi connectivity index (χ0v) is 18.2. The van der Waals surface area contributed by atoms with E-state index < -0.39 is 11.7 Å². The van der Waals surface area contributed by atoms with Gasteiger partial charge in [-0.2, -0.15) is 13.2 Å². The lowest BCUT2D eigenvalue weighted by Crippen LogP contribution is -2.56. The number of aliphatic imine (C=N–C) groups is 1. The number of hydrogen-bond acceptors (Lipinski definition) is 3. The average molecular weight is 500 g/mol. The Bertz CT molecular complexity index is 600. The van der Waals surface area contributed by atoms with Crippen molar-refractivity contribution < 1.29 is 17.9 Å². The molecule has 0 aliphatic carbocycles. The maximum absolute atomic E-state index is 12.6. The van der Waals surface area contributed by atoms with Crippen LogP contribution in [0.1, 0.15) is 25.0 Å². The lowest BCUT2D eigenvalue weighted by Gasteiger charge is -2.41. The minimum Gasteiger partial charge on any atom is -0.379 e. The normalized spacial score (nSPS) is 16.6. The molecule has 0 amide bonds. The number of nitrogens with one attached hydrogen (secondary N) is 2. The van der Waals surface area contributed by atoms with E-state index in [1.165, 1.54) is 12.1 Å². The SMILES string of the molecule is CN=C(NCc1ccc(C(F)(F)F)cc1)NCC(C)(C)N1CCOCC1.I. The molecule has 154 valence electrons. The van der Waals surface area contributed by atoms with E-state index in [0.29, 0.717) is 19.0 Å². The van der Waals surface area contributed by atoms with Crippen molar-refractivity contribution in [3.63, 3.8) is 0 Å². The number of morpholine rings is 1. The van der Waals surface area contributed by atoms with Gasteiger partial charge < -0.3 is 15.4 Å². The Morgan fingerprint density at radius 1 is 1.11 bits per heavy atom. The molecule has 0 spiro atoms. The summed E-state index contributed by atoms with van der Waals surface area (Å²) in [4.78, 5) is 6.55. The summed E-state index contributed by atoms with van der Waals surface area (Å²) in [6.07, 6.45) is -4.31. The largest absolute Gasteiger partial charge is 0.416 e. The molecule has 1 aliphatic heterocycles. The van der Waals surface area contributed by atoms with Crippen molar-refractivity contribution in [1.82, 2.24) is 15.5 Å². The fraction of sp³-hybridized carbons (Fsp3) is 0.611. The van der Waals surface area contributed by atoms with Crippen LogP contribution >= 0.6 is 24.0 Å². The minimum atomic E-state index is -4.31. The molecule has 0 aromatic heterocycles. The summed E-state index contributed by atoms with van der Waals surface area (Å²) < 4.78 is 43.2. The van der Waals surface area contributed by atoms with Crippen LogP contribution < -0.4 is 10.6 Å². The van der Waals surface area contributed by atoms with E-state index in [-0.39, 0.29) is 29.5 Å². The highest BCUT2D eigenvalue weighted by Crippen LogP contribution is 2.29. The van der Waals surface area contributed by atoms with E-state index in [0.717, 1.165) is 44.0 Å². The van der Waals surface area contributed by atoms with Crippen molar-refractivity contribution in [1.29, 1.82) is 0 Å². The van der Waals surface area contributed by atoms with Crippen LogP contribution in [-0.2, 0) is 17.5 Å². The van der Waals surface area contributed by atoms with Crippen LogP contribution in [0.2, 0.25) is 0 Å². The van der Waals surface area contributed by atoms with Crippen LogP contribution in [0.25, 0.3) is 0 Å². The maximum atomic E-state index is 12.6. The molecule has 2 rings (SSSR count). The average Bonchev–Trinajstić information content (AvgIpc) is 2.62. The fourth-order valence-electron chi connectivity index (χ4n) is 2.80. The molecule has 1 aromatic rings. The zero-order valence-electron chi connectivity index (χ0n) is 15.9. The zero-order chi connectivity index (χ0) is 19.2. The molecule has 0 saturated carbocycles. The van der Waals surface area contributed by atoms with Gasteiger partial charge in [0.1, 0.15) is 0 Å². The highest BCUT2D eigenvalue weighted by Gasteiger charge is 2.30. The van der Waals surface area contributed by atoms with Gasteiger partial charge in [-0.15, -0.1) is 24.0 Å². The van der Waals surface area contributed by atoms with E-state index >= 15 is 0 Å². The second-order valence-electron chi connectivity index (χ2n) is 6.89. The minimum absolute atomic E-state index is 0. The molecule has 1 heterocycles. The van der Waals surface area contributed by atoms with Gasteiger partial charge in [-0.05, 0) is 31.5 Å². The number of nitrogens with zero attached hydrogens (tertiary/aromatic N) is 2. The Morgan fingerprint density at radius 2 is 1.70 bits per heavy atom. The summed E-state index contributed by atoms with van der Waals surface area (Å²) in [7, 11) is 1.67. The molecule has 27 heavy (non-hydrogen) atoms. The van der Waals surface area contributed by atoms with Gasteiger partial charge in [-0.1, -0.05) is 12.1 Å². The van der Waals surface area contributed by atoms with Crippen LogP contribution in [0, 0.1) is 0 Å². The van der Waals surface area contributed by atoms with Crippen LogP contribution in [0.15, 0.2) is 29.3 Å². The summed E-state index contributed by atoms with van der Waals surface area (Å²) in [6.45, 7) is 8.69. The van der Waals surface area contributed by atoms with Crippen LogP contribution in [0.5, 0.6) is 0 Å². The molecule has 2 N–H and O–H groups in total. The second-order valence-corrected chi connectivity index (χ2v) is 6.89. The topological polar surface area (TPSA) is 48.9 Å². The molecule has 1 fully saturated rings. The maximum Gasteiger partial charge on any atom is 0.416 e. The molecule has 1 aliphatic rings. The third kappa shape index (κ3) is 7.46. The Morgan fingerprint density at radius 3 is 2.22 bits per heavy atom. The Kier molecular flexibility index (Phi) is 9.29. The highest BCUT2D eigenvalue weighted by molar-refractivity contribution is 14.0. The number of alkyl halides is 3. The van der Waals surface area contributed by atoms with Crippen LogP contribution in [-0.4, -0.2) is 56.3 Å². The molecule has 5 nitrogen and oxygen atoms in total. The monoisotopic (exact) mass is 500 g/mol. The quantitative estimate of drug-likeness (QED) is 0.371. The first-order valence-electron chi connectivity index (χ1n) is 8.66. The van der Waals surface area contributed by atoms with Gasteiger partial charge in [0, 0.05) is 38.8 Å². The van der Waals surface area contributed by atoms with Gasteiger partial charge >= 0.3 is 6.18 Å². The molecule has 0 atom stereocenters. The van der Waals surface area contributed by atoms with E-state index in [1.54, 1.807) is 7.05 Å². The first-order chi connectivity index (χ1) is 12.2. The second kappa shape index (κ2) is 10.5. The predicted molar refractivity (Wildman–Crippen MR) is 112 cm³/mol. The molecule has 0 unspecified atom stereocenters. The van der Waals surface area contributed by atoms with E-state index in [2.05, 4.69) is 34.4 Å². The first-order valence-corrected chi connectivity index (χ1v) is 8.66. The molecule has 0 bridgehead atoms. The number of benzene rings is 1. The molecular weight excluding hydrogens is 472 g/mol. The number of rotatable bonds is 5. The van der Waals surface area contributed by atoms with Gasteiger partial charge in [0.05, 0.1) is 18.8 Å². The highest BCUT2D eigenvalue weighted by atomic mass is 127. The molecular formula is C18H28F3IN4O. The van der Waals surface area contributed by atoms with E-state index in [1.807, 2.05) is 0 Å². The third-order valence-corrected chi connectivity index (χ3v) is 4.52. The van der Waals surface area contributed by atoms with Crippen molar-refractivity contribution in [2.45, 2.75) is 32.1 Å². The van der Waals surface area contributed by atoms with Crippen LogP contribution in [0.4, 0.5) is 13.2 Å². The van der Waals surface area contributed by atoms with Gasteiger partial charge in [-0.3, -0.25) is 9.89 Å². The van der Waals surface area contributed by atoms with Crippen molar-refractivity contribution in [2.75, 3.05) is 39.9 Å². The molecule has 0 radical (unpaired) electrons. The Labute approximate surface area is 175 Å². The predicted octanol–water partition coefficient (Wildman–Crippen LogP) is 3.10. The molecule has 1 aromatic carbocycles. The number of guanidine groups is 1. The summed E-state index contributed by atoms with van der Waals surface area (Å²) >= 11 is 0. The fourth-order valence-corrected chi connectivity index (χ4v) is 2.80. The summed E-state index contributed by atoms with van der Waals surface area (Å²) in [5.41, 5.74) is 0.0554. The van der Waals surface area contributed by atoms with Gasteiger partial charge in [0.2, 0.25) is 0 Å². The third-order valence-electron chi connectivity index (χ3n) is 4.52. The standard InChI is InChI=1S/C18H27F3N4O.HI/c1-17(2,25-8-10-26-11-9-25)13-24-16(22-3)23-12-14-4-6-15(7-5-14)18(19,20)21;/h4-7H,8-13H2,1-3H3,(H2,22,23,24);1H. The van der Waals surface area contributed by atoms with Crippen molar-refractivity contribution in [3.05, 3.63) is 35.4 Å². The molecule has 9 heteroatoms. The number of hydrogen-bond donors (Lipinski definition) is 2. The summed E-state index contributed by atoms with van der Waals surface area (Å²) in [5.74, 6) is 0.617. The molecule has 1 saturated heterocycles. The van der Waals surface area contributed by atoms with Gasteiger partial charge in [0.25, 0.3) is 0 Å². The smallest absolute Gasteiger partial charge is 0.379 e. The lowest BCUT2D eigenvalue weighted by molar-refractivity contribution is -0.137. The van der Waals surface area contributed by atoms with Gasteiger partial charge in [0.15, 0.2) is 5.96 Å². The first kappa shape index (κ1) is 24.0. The van der Waals surface area contributed by atoms with Crippen molar-refractivity contribution >= 4 is 29.9 Å². The lowest BCUT2D eigenvalue weighted by atomic mass is 10.0. The van der Waals surface area contributed by atoms with E-state index in [9.17, 15) is 13.2 Å². The number of ether oxygens (including phenoxy) is 1. The Balaban J connectivity index is 0.00000364. The van der Waals surface area contributed by atoms with Crippen molar-refractivity contribution in [2.24, 2.45) is 4.99 Å². The van der Waals surface area contributed by atoms with Crippen molar-refractivity contribution in [3.8, 4) is 0 Å².